The molecule has 84 valence electrons. The zero-order valence-corrected chi connectivity index (χ0v) is 9.63. The third kappa shape index (κ3) is 6.86. The molecule has 1 amide bonds. The summed E-state index contributed by atoms with van der Waals surface area (Å²) in [7, 11) is 0. The lowest BCUT2D eigenvalue weighted by molar-refractivity contribution is -0.122. The zero-order valence-electron chi connectivity index (χ0n) is 9.63. The molecule has 0 aromatic heterocycles. The van der Waals surface area contributed by atoms with Crippen LogP contribution in [0.1, 0.15) is 34.1 Å². The number of hydrogen-bond donors (Lipinski definition) is 3. The summed E-state index contributed by atoms with van der Waals surface area (Å²) in [6.07, 6.45) is 0.451. The van der Waals surface area contributed by atoms with Crippen molar-refractivity contribution >= 4 is 5.91 Å². The molecule has 0 bridgehead atoms. The first-order valence-electron chi connectivity index (χ1n) is 5.21. The van der Waals surface area contributed by atoms with Gasteiger partial charge in [0.15, 0.2) is 0 Å². The van der Waals surface area contributed by atoms with Crippen molar-refractivity contribution in [3.05, 3.63) is 0 Å². The molecule has 0 saturated carbocycles. The maximum atomic E-state index is 11.4. The summed E-state index contributed by atoms with van der Waals surface area (Å²) in [6, 6.07) is 0.629. The average Bonchev–Trinajstić information content (AvgIpc) is 2.00. The molecule has 0 radical (unpaired) electrons. The molecule has 0 spiro atoms. The predicted octanol–water partition coefficient (Wildman–Crippen LogP) is 0.226. The maximum absolute atomic E-state index is 11.4. The van der Waals surface area contributed by atoms with E-state index in [1.54, 1.807) is 0 Å². The van der Waals surface area contributed by atoms with E-state index in [0.29, 0.717) is 19.0 Å². The topological polar surface area (TPSA) is 67.2 Å². The Labute approximate surface area is 86.6 Å². The molecule has 0 fully saturated rings. The Balaban J connectivity index is 3.86. The van der Waals surface area contributed by atoms with Crippen molar-refractivity contribution in [3.8, 4) is 0 Å². The average molecular weight is 201 g/mol. The lowest BCUT2D eigenvalue weighted by Gasteiger charge is -2.19. The van der Waals surface area contributed by atoms with Crippen LogP contribution in [0.4, 0.5) is 0 Å². The highest BCUT2D eigenvalue weighted by molar-refractivity contribution is 5.76. The van der Waals surface area contributed by atoms with Gasteiger partial charge < -0.3 is 16.4 Å². The van der Waals surface area contributed by atoms with Gasteiger partial charge in [0.25, 0.3) is 0 Å². The molecule has 0 aliphatic carbocycles. The number of rotatable bonds is 6. The van der Waals surface area contributed by atoms with Crippen LogP contribution in [-0.2, 0) is 4.79 Å². The number of amides is 1. The summed E-state index contributed by atoms with van der Waals surface area (Å²) in [6.45, 7) is 8.48. The van der Waals surface area contributed by atoms with E-state index in [1.807, 2.05) is 27.7 Å². The highest BCUT2D eigenvalue weighted by Crippen LogP contribution is 1.93. The summed E-state index contributed by atoms with van der Waals surface area (Å²) in [5.41, 5.74) is 5.56. The number of hydrogen-bond acceptors (Lipinski definition) is 3. The minimum absolute atomic E-state index is 0.0589. The molecule has 4 N–H and O–H groups in total. The Hall–Kier alpha value is -0.610. The molecule has 1 atom stereocenters. The van der Waals surface area contributed by atoms with Crippen LogP contribution >= 0.6 is 0 Å². The van der Waals surface area contributed by atoms with Crippen molar-refractivity contribution in [3.63, 3.8) is 0 Å². The highest BCUT2D eigenvalue weighted by Gasteiger charge is 2.13. The first kappa shape index (κ1) is 13.4. The second-order valence-corrected chi connectivity index (χ2v) is 4.18. The van der Waals surface area contributed by atoms with Crippen molar-refractivity contribution in [1.82, 2.24) is 10.6 Å². The van der Waals surface area contributed by atoms with Gasteiger partial charge in [-0.05, 0) is 13.8 Å². The minimum Gasteiger partial charge on any atom is -0.354 e. The van der Waals surface area contributed by atoms with E-state index in [2.05, 4.69) is 10.6 Å². The van der Waals surface area contributed by atoms with Gasteiger partial charge in [0.05, 0.1) is 0 Å². The Morgan fingerprint density at radius 2 is 1.79 bits per heavy atom. The maximum Gasteiger partial charge on any atom is 0.221 e. The number of carbonyl (C=O) groups excluding carboxylic acids is 1. The molecule has 0 aromatic rings. The molecular weight excluding hydrogens is 178 g/mol. The zero-order chi connectivity index (χ0) is 11.1. The number of nitrogens with one attached hydrogen (secondary N) is 2. The van der Waals surface area contributed by atoms with Crippen LogP contribution < -0.4 is 16.4 Å². The van der Waals surface area contributed by atoms with Gasteiger partial charge >= 0.3 is 0 Å². The van der Waals surface area contributed by atoms with Crippen LogP contribution in [0.25, 0.3) is 0 Å². The number of nitrogens with two attached hydrogens (primary N) is 1. The minimum atomic E-state index is 0.0589. The van der Waals surface area contributed by atoms with E-state index < -0.39 is 0 Å². The van der Waals surface area contributed by atoms with Crippen LogP contribution in [0, 0.1) is 0 Å². The van der Waals surface area contributed by atoms with E-state index in [-0.39, 0.29) is 18.0 Å². The van der Waals surface area contributed by atoms with Crippen molar-refractivity contribution < 1.29 is 4.79 Å². The Kier molecular flexibility index (Phi) is 6.49. The molecule has 14 heavy (non-hydrogen) atoms. The Morgan fingerprint density at radius 1 is 1.21 bits per heavy atom. The molecule has 0 rings (SSSR count). The normalized spacial score (nSPS) is 13.4. The standard InChI is InChI=1S/C10H23N3O/c1-7(2)12-9(6-11)5-10(14)13-8(3)4/h7-9,12H,5-6,11H2,1-4H3,(H,13,14). The van der Waals surface area contributed by atoms with Gasteiger partial charge in [-0.15, -0.1) is 0 Å². The molecule has 0 saturated heterocycles. The Bertz CT molecular complexity index is 169. The number of carbonyl (C=O) groups is 1. The van der Waals surface area contributed by atoms with Gasteiger partial charge in [-0.3, -0.25) is 4.79 Å². The van der Waals surface area contributed by atoms with Crippen LogP contribution in [-0.4, -0.2) is 30.6 Å². The van der Waals surface area contributed by atoms with Crippen LogP contribution in [0.15, 0.2) is 0 Å². The fourth-order valence-corrected chi connectivity index (χ4v) is 1.29. The molecule has 0 heterocycles. The van der Waals surface area contributed by atoms with E-state index in [0.717, 1.165) is 0 Å². The van der Waals surface area contributed by atoms with Crippen LogP contribution in [0.5, 0.6) is 0 Å². The highest BCUT2D eigenvalue weighted by atomic mass is 16.1. The van der Waals surface area contributed by atoms with E-state index in [1.165, 1.54) is 0 Å². The van der Waals surface area contributed by atoms with Crippen molar-refractivity contribution in [2.24, 2.45) is 5.73 Å². The Morgan fingerprint density at radius 3 is 2.14 bits per heavy atom. The quantitative estimate of drug-likeness (QED) is 0.576. The third-order valence-corrected chi connectivity index (χ3v) is 1.74. The molecule has 0 aliphatic heterocycles. The largest absolute Gasteiger partial charge is 0.354 e. The smallest absolute Gasteiger partial charge is 0.221 e. The van der Waals surface area contributed by atoms with E-state index >= 15 is 0 Å². The van der Waals surface area contributed by atoms with Crippen LogP contribution in [0.2, 0.25) is 0 Å². The van der Waals surface area contributed by atoms with Crippen molar-refractivity contribution in [1.29, 1.82) is 0 Å². The van der Waals surface area contributed by atoms with E-state index in [9.17, 15) is 4.79 Å². The summed E-state index contributed by atoms with van der Waals surface area (Å²) >= 11 is 0. The molecule has 4 heteroatoms. The van der Waals surface area contributed by atoms with Gasteiger partial charge in [-0.1, -0.05) is 13.8 Å². The lowest BCUT2D eigenvalue weighted by atomic mass is 10.1. The van der Waals surface area contributed by atoms with Gasteiger partial charge in [0, 0.05) is 31.1 Å². The second-order valence-electron chi connectivity index (χ2n) is 4.18. The summed E-state index contributed by atoms with van der Waals surface area (Å²) in [5.74, 6) is 0.0589. The van der Waals surface area contributed by atoms with Gasteiger partial charge in [-0.2, -0.15) is 0 Å². The SMILES string of the molecule is CC(C)NC(=O)CC(CN)NC(C)C. The predicted molar refractivity (Wildman–Crippen MR) is 59.0 cm³/mol. The lowest BCUT2D eigenvalue weighted by Crippen LogP contribution is -2.44. The summed E-state index contributed by atoms with van der Waals surface area (Å²) < 4.78 is 0. The van der Waals surface area contributed by atoms with Gasteiger partial charge in [0.1, 0.15) is 0 Å². The fourth-order valence-electron chi connectivity index (χ4n) is 1.29. The van der Waals surface area contributed by atoms with Gasteiger partial charge in [-0.25, -0.2) is 0 Å². The second kappa shape index (κ2) is 6.79. The first-order valence-corrected chi connectivity index (χ1v) is 5.21. The monoisotopic (exact) mass is 201 g/mol. The molecule has 0 aliphatic rings. The summed E-state index contributed by atoms with van der Waals surface area (Å²) in [5, 5.41) is 6.09. The third-order valence-electron chi connectivity index (χ3n) is 1.74. The van der Waals surface area contributed by atoms with E-state index in [4.69, 9.17) is 5.73 Å². The fraction of sp³-hybridized carbons (Fsp3) is 0.900. The molecular formula is C10H23N3O. The molecule has 4 nitrogen and oxygen atoms in total. The molecule has 0 aromatic carbocycles. The molecule has 1 unspecified atom stereocenters. The first-order chi connectivity index (χ1) is 6.45. The van der Waals surface area contributed by atoms with Gasteiger partial charge in [0.2, 0.25) is 5.91 Å². The van der Waals surface area contributed by atoms with Crippen LogP contribution in [0.3, 0.4) is 0 Å². The van der Waals surface area contributed by atoms with Crippen molar-refractivity contribution in [2.75, 3.05) is 6.54 Å². The van der Waals surface area contributed by atoms with Crippen molar-refractivity contribution in [2.45, 2.75) is 52.2 Å². The summed E-state index contributed by atoms with van der Waals surface area (Å²) in [4.78, 5) is 11.4.